The number of carboxylic acid groups (broad SMARTS) is 1. The maximum atomic E-state index is 14.4. The van der Waals surface area contributed by atoms with Crippen molar-refractivity contribution >= 4 is 16.9 Å². The van der Waals surface area contributed by atoms with E-state index < -0.39 is 28.9 Å². The predicted molar refractivity (Wildman–Crippen MR) is 93.1 cm³/mol. The number of carboxylic acids is 1. The summed E-state index contributed by atoms with van der Waals surface area (Å²) in [4.78, 5) is 22.7. The molecule has 27 heavy (non-hydrogen) atoms. The van der Waals surface area contributed by atoms with Gasteiger partial charge in [0.05, 0.1) is 5.56 Å². The molecular formula is C20H10F2O5. The molecule has 0 unspecified atom stereocenters. The zero-order chi connectivity index (χ0) is 19.3. The van der Waals surface area contributed by atoms with Gasteiger partial charge in [-0.3, -0.25) is 4.79 Å². The molecule has 2 N–H and O–H groups in total. The van der Waals surface area contributed by atoms with E-state index in [1.165, 1.54) is 36.4 Å². The molecule has 5 nitrogen and oxygen atoms in total. The lowest BCUT2D eigenvalue weighted by molar-refractivity contribution is 0.0697. The van der Waals surface area contributed by atoms with Gasteiger partial charge in [-0.2, -0.15) is 4.39 Å². The van der Waals surface area contributed by atoms with E-state index in [0.717, 1.165) is 12.1 Å². The first-order valence-corrected chi connectivity index (χ1v) is 7.78. The summed E-state index contributed by atoms with van der Waals surface area (Å²) in [6, 6.07) is 10.5. The Hall–Kier alpha value is -3.74. The van der Waals surface area contributed by atoms with E-state index in [4.69, 9.17) is 9.52 Å². The van der Waals surface area contributed by atoms with E-state index in [-0.39, 0.29) is 22.1 Å². The largest absolute Gasteiger partial charge is 0.503 e. The molecule has 0 saturated carbocycles. The maximum absolute atomic E-state index is 14.4. The standard InChI is InChI=1S/C20H10F2O5/c21-14-8-13-16(9-1-3-10(4-2-9)20(25)26)12-6-5-11(23)7-15(12)27-19(13)17(22)18(14)24/h1-8,24H,(H,25,26). The molecule has 1 heterocycles. The van der Waals surface area contributed by atoms with Crippen molar-refractivity contribution in [2.75, 3.05) is 0 Å². The zero-order valence-corrected chi connectivity index (χ0v) is 13.5. The van der Waals surface area contributed by atoms with Crippen molar-refractivity contribution in [3.63, 3.8) is 0 Å². The van der Waals surface area contributed by atoms with Crippen LogP contribution in [0.1, 0.15) is 10.4 Å². The van der Waals surface area contributed by atoms with Gasteiger partial charge in [0.2, 0.25) is 5.82 Å². The van der Waals surface area contributed by atoms with E-state index in [9.17, 15) is 23.5 Å². The third-order valence-corrected chi connectivity index (χ3v) is 4.27. The summed E-state index contributed by atoms with van der Waals surface area (Å²) in [5.74, 6) is -4.70. The van der Waals surface area contributed by atoms with Gasteiger partial charge in [-0.25, -0.2) is 9.18 Å². The highest BCUT2D eigenvalue weighted by Crippen LogP contribution is 2.42. The molecule has 134 valence electrons. The normalized spacial score (nSPS) is 11.2. The number of carbonyl (C=O) groups is 1. The maximum Gasteiger partial charge on any atom is 0.335 e. The average molecular weight is 368 g/mol. The third kappa shape index (κ3) is 2.60. The Kier molecular flexibility index (Phi) is 3.66. The van der Waals surface area contributed by atoms with Gasteiger partial charge in [0.15, 0.2) is 22.6 Å². The fraction of sp³-hybridized carbons (Fsp3) is 0. The van der Waals surface area contributed by atoms with E-state index in [1.807, 2.05) is 0 Å². The first kappa shape index (κ1) is 16.7. The lowest BCUT2D eigenvalue weighted by Gasteiger charge is -2.16. The van der Waals surface area contributed by atoms with Gasteiger partial charge in [0.1, 0.15) is 5.76 Å². The molecule has 0 aromatic heterocycles. The Balaban J connectivity index is 2.16. The molecule has 1 aliphatic carbocycles. The van der Waals surface area contributed by atoms with Crippen LogP contribution in [0.3, 0.4) is 0 Å². The van der Waals surface area contributed by atoms with Crippen molar-refractivity contribution in [2.24, 2.45) is 0 Å². The van der Waals surface area contributed by atoms with Crippen LogP contribution >= 0.6 is 0 Å². The molecule has 0 amide bonds. The van der Waals surface area contributed by atoms with E-state index in [0.29, 0.717) is 16.7 Å². The summed E-state index contributed by atoms with van der Waals surface area (Å²) in [7, 11) is 0. The number of fused-ring (bicyclic) bond motifs is 2. The van der Waals surface area contributed by atoms with Crippen molar-refractivity contribution in [1.82, 2.24) is 0 Å². The second-order valence-corrected chi connectivity index (χ2v) is 5.92. The molecule has 4 rings (SSSR count). The first-order chi connectivity index (χ1) is 12.9. The molecule has 7 heteroatoms. The molecule has 2 aromatic rings. The topological polar surface area (TPSA) is 87.7 Å². The van der Waals surface area contributed by atoms with Crippen molar-refractivity contribution < 1.29 is 28.2 Å². The summed E-state index contributed by atoms with van der Waals surface area (Å²) in [6.07, 6.45) is 0. The number of rotatable bonds is 2. The molecule has 0 bridgehead atoms. The molecule has 0 radical (unpaired) electrons. The highest BCUT2D eigenvalue weighted by Gasteiger charge is 2.23. The number of hydrogen-bond acceptors (Lipinski definition) is 4. The van der Waals surface area contributed by atoms with Crippen LogP contribution in [0.4, 0.5) is 8.78 Å². The predicted octanol–water partition coefficient (Wildman–Crippen LogP) is 4.25. The van der Waals surface area contributed by atoms with Crippen molar-refractivity contribution in [2.45, 2.75) is 0 Å². The molecule has 0 spiro atoms. The SMILES string of the molecule is O=C(O)c1ccc(-c2c3ccc(=O)cc-3oc3c(F)c(O)c(F)cc23)cc1. The third-order valence-electron chi connectivity index (χ3n) is 4.27. The number of phenols is 1. The number of benzene rings is 3. The van der Waals surface area contributed by atoms with Crippen LogP contribution in [-0.2, 0) is 0 Å². The van der Waals surface area contributed by atoms with Crippen molar-refractivity contribution in [3.8, 4) is 28.2 Å². The van der Waals surface area contributed by atoms with Crippen LogP contribution in [0.5, 0.6) is 5.75 Å². The van der Waals surface area contributed by atoms with Gasteiger partial charge < -0.3 is 14.6 Å². The van der Waals surface area contributed by atoms with Crippen LogP contribution < -0.4 is 5.43 Å². The molecule has 2 aliphatic rings. The molecule has 2 aromatic carbocycles. The zero-order valence-electron chi connectivity index (χ0n) is 13.5. The minimum absolute atomic E-state index is 0.0389. The van der Waals surface area contributed by atoms with Gasteiger partial charge in [0, 0.05) is 22.6 Å². The quantitative estimate of drug-likeness (QED) is 0.517. The van der Waals surface area contributed by atoms with Gasteiger partial charge in [-0.05, 0) is 35.9 Å². The van der Waals surface area contributed by atoms with Crippen LogP contribution in [0.2, 0.25) is 0 Å². The first-order valence-electron chi connectivity index (χ1n) is 7.78. The highest BCUT2D eigenvalue weighted by atomic mass is 19.1. The number of phenolic OH excluding ortho intramolecular Hbond substituents is 1. The Labute approximate surface area is 150 Å². The summed E-state index contributed by atoms with van der Waals surface area (Å²) < 4.78 is 33.8. The van der Waals surface area contributed by atoms with Crippen molar-refractivity contribution in [1.29, 1.82) is 0 Å². The Bertz CT molecular complexity index is 1240. The Morgan fingerprint density at radius 2 is 1.70 bits per heavy atom. The van der Waals surface area contributed by atoms with Gasteiger partial charge >= 0.3 is 5.97 Å². The monoisotopic (exact) mass is 368 g/mol. The highest BCUT2D eigenvalue weighted by molar-refractivity contribution is 6.02. The number of aromatic carboxylic acids is 1. The lowest BCUT2D eigenvalue weighted by Crippen LogP contribution is -2.01. The molecule has 0 fully saturated rings. The summed E-state index contributed by atoms with van der Waals surface area (Å²) in [5.41, 5.74) is 0.489. The smallest absolute Gasteiger partial charge is 0.335 e. The second-order valence-electron chi connectivity index (χ2n) is 5.92. The fourth-order valence-electron chi connectivity index (χ4n) is 3.02. The van der Waals surface area contributed by atoms with Crippen LogP contribution in [0.25, 0.3) is 33.4 Å². The van der Waals surface area contributed by atoms with E-state index in [2.05, 4.69) is 0 Å². The number of hydrogen-bond donors (Lipinski definition) is 2. The van der Waals surface area contributed by atoms with Crippen LogP contribution in [-0.4, -0.2) is 16.2 Å². The van der Waals surface area contributed by atoms with Gasteiger partial charge in [0.25, 0.3) is 0 Å². The van der Waals surface area contributed by atoms with E-state index in [1.54, 1.807) is 0 Å². The summed E-state index contributed by atoms with van der Waals surface area (Å²) >= 11 is 0. The van der Waals surface area contributed by atoms with E-state index >= 15 is 0 Å². The molecule has 1 aliphatic heterocycles. The lowest BCUT2D eigenvalue weighted by atomic mass is 9.93. The Morgan fingerprint density at radius 3 is 2.37 bits per heavy atom. The number of aromatic hydroxyl groups is 1. The number of halogens is 2. The van der Waals surface area contributed by atoms with Gasteiger partial charge in [-0.1, -0.05) is 12.1 Å². The van der Waals surface area contributed by atoms with Crippen molar-refractivity contribution in [3.05, 3.63) is 76.0 Å². The van der Waals surface area contributed by atoms with Crippen LogP contribution in [0.15, 0.2) is 57.7 Å². The van der Waals surface area contributed by atoms with Crippen LogP contribution in [0, 0.1) is 11.6 Å². The second kappa shape index (κ2) is 5.91. The minimum atomic E-state index is -1.29. The van der Waals surface area contributed by atoms with Gasteiger partial charge in [-0.15, -0.1) is 0 Å². The fourth-order valence-corrected chi connectivity index (χ4v) is 3.02. The molecule has 0 saturated heterocycles. The molecule has 0 atom stereocenters. The summed E-state index contributed by atoms with van der Waals surface area (Å²) in [6.45, 7) is 0. The minimum Gasteiger partial charge on any atom is -0.503 e. The summed E-state index contributed by atoms with van der Waals surface area (Å²) in [5, 5.41) is 18.6. The molecular weight excluding hydrogens is 358 g/mol. The average Bonchev–Trinajstić information content (AvgIpc) is 2.65. The Morgan fingerprint density at radius 1 is 1.00 bits per heavy atom.